The molecular weight excluding hydrogens is 228 g/mol. The number of likely N-dealkylation sites (tertiary alicyclic amines) is 1. The predicted molar refractivity (Wildman–Crippen MR) is 69.2 cm³/mol. The van der Waals surface area contributed by atoms with Gasteiger partial charge in [0.1, 0.15) is 0 Å². The molecule has 2 atom stereocenters. The first-order chi connectivity index (χ1) is 8.72. The van der Waals surface area contributed by atoms with Crippen LogP contribution in [0.5, 0.6) is 0 Å². The van der Waals surface area contributed by atoms with E-state index in [1.54, 1.807) is 6.20 Å². The van der Waals surface area contributed by atoms with Gasteiger partial charge in [0.05, 0.1) is 12.5 Å². The van der Waals surface area contributed by atoms with Crippen LogP contribution in [0.15, 0.2) is 24.4 Å². The summed E-state index contributed by atoms with van der Waals surface area (Å²) in [5.74, 6) is 0.00121. The zero-order valence-corrected chi connectivity index (χ0v) is 11.0. The van der Waals surface area contributed by atoms with Crippen LogP contribution < -0.4 is 0 Å². The number of carbonyl (C=O) groups excluding carboxylic acids is 1. The Kier molecular flexibility index (Phi) is 4.31. The van der Waals surface area contributed by atoms with Gasteiger partial charge in [-0.2, -0.15) is 0 Å². The minimum Gasteiger partial charge on any atom is -0.466 e. The normalized spacial score (nSPS) is 24.8. The quantitative estimate of drug-likeness (QED) is 0.763. The van der Waals surface area contributed by atoms with Gasteiger partial charge >= 0.3 is 5.97 Å². The van der Waals surface area contributed by atoms with Crippen LogP contribution in [-0.4, -0.2) is 42.6 Å². The van der Waals surface area contributed by atoms with Crippen LogP contribution in [0.3, 0.4) is 0 Å². The van der Waals surface area contributed by atoms with E-state index in [-0.39, 0.29) is 17.8 Å². The van der Waals surface area contributed by atoms with Crippen LogP contribution in [-0.2, 0) is 9.53 Å². The number of likely N-dealkylation sites (N-methyl/N-ethyl adjacent to an activating group) is 1. The van der Waals surface area contributed by atoms with Gasteiger partial charge in [-0.25, -0.2) is 0 Å². The first-order valence-corrected chi connectivity index (χ1v) is 6.48. The third kappa shape index (κ3) is 2.88. The zero-order chi connectivity index (χ0) is 13.0. The number of carbonyl (C=O) groups is 1. The summed E-state index contributed by atoms with van der Waals surface area (Å²) < 4.78 is 5.18. The van der Waals surface area contributed by atoms with Crippen molar-refractivity contribution in [1.29, 1.82) is 0 Å². The van der Waals surface area contributed by atoms with E-state index in [4.69, 9.17) is 4.74 Å². The molecule has 0 amide bonds. The van der Waals surface area contributed by atoms with Crippen molar-refractivity contribution >= 4 is 5.97 Å². The molecule has 0 aromatic carbocycles. The lowest BCUT2D eigenvalue weighted by Gasteiger charge is -2.35. The summed E-state index contributed by atoms with van der Waals surface area (Å²) in [5, 5.41) is 0. The van der Waals surface area contributed by atoms with Gasteiger partial charge in [-0.05, 0) is 39.1 Å². The maximum absolute atomic E-state index is 12.0. The number of aromatic nitrogens is 1. The maximum atomic E-state index is 12.0. The largest absolute Gasteiger partial charge is 0.466 e. The van der Waals surface area contributed by atoms with E-state index in [1.165, 1.54) is 0 Å². The summed E-state index contributed by atoms with van der Waals surface area (Å²) >= 11 is 0. The Morgan fingerprint density at radius 3 is 3.06 bits per heavy atom. The van der Waals surface area contributed by atoms with E-state index in [1.807, 2.05) is 25.1 Å². The van der Waals surface area contributed by atoms with Crippen molar-refractivity contribution < 1.29 is 9.53 Å². The molecule has 0 N–H and O–H groups in total. The number of rotatable bonds is 3. The molecule has 0 radical (unpaired) electrons. The Balaban J connectivity index is 2.19. The Morgan fingerprint density at radius 2 is 2.39 bits per heavy atom. The third-order valence-electron chi connectivity index (χ3n) is 3.47. The van der Waals surface area contributed by atoms with Crippen LogP contribution in [0.25, 0.3) is 0 Å². The number of piperidine rings is 1. The number of ether oxygens (including phenoxy) is 1. The Morgan fingerprint density at radius 1 is 1.56 bits per heavy atom. The molecule has 2 rings (SSSR count). The van der Waals surface area contributed by atoms with E-state index in [2.05, 4.69) is 16.9 Å². The Bertz CT molecular complexity index is 394. The van der Waals surface area contributed by atoms with Gasteiger partial charge in [0.2, 0.25) is 0 Å². The van der Waals surface area contributed by atoms with Crippen LogP contribution >= 0.6 is 0 Å². The lowest BCUT2D eigenvalue weighted by molar-refractivity contribution is -0.150. The number of esters is 1. The van der Waals surface area contributed by atoms with Crippen molar-refractivity contribution in [2.75, 3.05) is 26.7 Å². The van der Waals surface area contributed by atoms with Crippen molar-refractivity contribution in [2.24, 2.45) is 5.92 Å². The molecule has 0 unspecified atom stereocenters. The highest BCUT2D eigenvalue weighted by Crippen LogP contribution is 2.31. The minimum absolute atomic E-state index is 0.0592. The lowest BCUT2D eigenvalue weighted by atomic mass is 9.83. The topological polar surface area (TPSA) is 42.4 Å². The van der Waals surface area contributed by atoms with E-state index < -0.39 is 0 Å². The molecule has 0 saturated carbocycles. The van der Waals surface area contributed by atoms with Gasteiger partial charge in [0.25, 0.3) is 0 Å². The van der Waals surface area contributed by atoms with E-state index in [9.17, 15) is 4.79 Å². The molecule has 1 aromatic heterocycles. The Labute approximate surface area is 108 Å². The smallest absolute Gasteiger partial charge is 0.309 e. The summed E-state index contributed by atoms with van der Waals surface area (Å²) in [6.45, 7) is 4.09. The van der Waals surface area contributed by atoms with Crippen molar-refractivity contribution in [1.82, 2.24) is 9.88 Å². The molecule has 1 fully saturated rings. The lowest BCUT2D eigenvalue weighted by Crippen LogP contribution is -2.40. The third-order valence-corrected chi connectivity index (χ3v) is 3.47. The molecular formula is C14H20N2O2. The molecule has 1 saturated heterocycles. The van der Waals surface area contributed by atoms with E-state index >= 15 is 0 Å². The number of hydrogen-bond donors (Lipinski definition) is 0. The average Bonchev–Trinajstić information content (AvgIpc) is 2.40. The summed E-state index contributed by atoms with van der Waals surface area (Å²) in [5.41, 5.74) is 0.988. The highest BCUT2D eigenvalue weighted by atomic mass is 16.5. The molecule has 98 valence electrons. The van der Waals surface area contributed by atoms with Gasteiger partial charge in [0, 0.05) is 24.4 Å². The first kappa shape index (κ1) is 13.0. The zero-order valence-electron chi connectivity index (χ0n) is 11.0. The first-order valence-electron chi connectivity index (χ1n) is 6.48. The summed E-state index contributed by atoms with van der Waals surface area (Å²) in [6.07, 6.45) is 2.63. The molecule has 0 aliphatic carbocycles. The number of pyridine rings is 1. The molecule has 4 heteroatoms. The second-order valence-corrected chi connectivity index (χ2v) is 4.77. The summed E-state index contributed by atoms with van der Waals surface area (Å²) in [7, 11) is 2.08. The van der Waals surface area contributed by atoms with Gasteiger partial charge in [-0.1, -0.05) is 6.07 Å². The minimum atomic E-state index is -0.0822. The fourth-order valence-corrected chi connectivity index (χ4v) is 2.54. The number of hydrogen-bond acceptors (Lipinski definition) is 4. The Hall–Kier alpha value is -1.42. The molecule has 0 spiro atoms. The van der Waals surface area contributed by atoms with Crippen molar-refractivity contribution in [3.63, 3.8) is 0 Å². The molecule has 0 bridgehead atoms. The fraction of sp³-hybridized carbons (Fsp3) is 0.571. The fourth-order valence-electron chi connectivity index (χ4n) is 2.54. The molecule has 1 aliphatic heterocycles. The SMILES string of the molecule is CCOC(=O)[C@H]1CCN(C)C[C@H]1c1ccccn1. The van der Waals surface area contributed by atoms with Crippen LogP contribution in [0.2, 0.25) is 0 Å². The molecule has 4 nitrogen and oxygen atoms in total. The van der Waals surface area contributed by atoms with Crippen molar-refractivity contribution in [3.8, 4) is 0 Å². The molecule has 1 aromatic rings. The number of nitrogens with zero attached hydrogens (tertiary/aromatic N) is 2. The van der Waals surface area contributed by atoms with Crippen molar-refractivity contribution in [2.45, 2.75) is 19.3 Å². The predicted octanol–water partition coefficient (Wildman–Crippen LogP) is 1.68. The monoisotopic (exact) mass is 248 g/mol. The van der Waals surface area contributed by atoms with E-state index in [0.29, 0.717) is 6.61 Å². The van der Waals surface area contributed by atoms with Gasteiger partial charge < -0.3 is 9.64 Å². The average molecular weight is 248 g/mol. The van der Waals surface area contributed by atoms with E-state index in [0.717, 1.165) is 25.2 Å². The molecule has 18 heavy (non-hydrogen) atoms. The highest BCUT2D eigenvalue weighted by Gasteiger charge is 2.35. The molecule has 1 aliphatic rings. The summed E-state index contributed by atoms with van der Waals surface area (Å²) in [4.78, 5) is 18.7. The van der Waals surface area contributed by atoms with Gasteiger partial charge in [0.15, 0.2) is 0 Å². The van der Waals surface area contributed by atoms with Gasteiger partial charge in [-0.3, -0.25) is 9.78 Å². The van der Waals surface area contributed by atoms with Crippen LogP contribution in [0, 0.1) is 5.92 Å². The maximum Gasteiger partial charge on any atom is 0.309 e. The highest BCUT2D eigenvalue weighted by molar-refractivity contribution is 5.73. The van der Waals surface area contributed by atoms with Gasteiger partial charge in [-0.15, -0.1) is 0 Å². The van der Waals surface area contributed by atoms with Crippen molar-refractivity contribution in [3.05, 3.63) is 30.1 Å². The second-order valence-electron chi connectivity index (χ2n) is 4.77. The van der Waals surface area contributed by atoms with Crippen LogP contribution in [0.4, 0.5) is 0 Å². The molecule has 2 heterocycles. The standard InChI is InChI=1S/C14H20N2O2/c1-3-18-14(17)11-7-9-16(2)10-12(11)13-6-4-5-8-15-13/h4-6,8,11-12H,3,7,9-10H2,1-2H3/t11-,12+/m0/s1. The summed E-state index contributed by atoms with van der Waals surface area (Å²) in [6, 6.07) is 5.87. The second kappa shape index (κ2) is 5.96. The van der Waals surface area contributed by atoms with Crippen LogP contribution in [0.1, 0.15) is 25.0 Å².